The first kappa shape index (κ1) is 20.5. The fraction of sp³-hybridized carbons (Fsp3) is 0.333. The van der Waals surface area contributed by atoms with Crippen molar-refractivity contribution in [2.75, 3.05) is 6.54 Å². The van der Waals surface area contributed by atoms with Gasteiger partial charge < -0.3 is 14.2 Å². The van der Waals surface area contributed by atoms with E-state index in [2.05, 4.69) is 25.3 Å². The third kappa shape index (κ3) is 3.60. The molecule has 34 heavy (non-hydrogen) atoms. The van der Waals surface area contributed by atoms with E-state index in [1.54, 1.807) is 23.5 Å². The predicted octanol–water partition coefficient (Wildman–Crippen LogP) is 3.54. The fourth-order valence-electron chi connectivity index (χ4n) is 4.16. The van der Waals surface area contributed by atoms with E-state index in [0.29, 0.717) is 41.0 Å². The third-order valence-electron chi connectivity index (χ3n) is 6.37. The fourth-order valence-corrected chi connectivity index (χ4v) is 4.16. The molecule has 1 aliphatic carbocycles. The normalized spacial score (nSPS) is 17.8. The summed E-state index contributed by atoms with van der Waals surface area (Å²) in [6.45, 7) is 2.55. The summed E-state index contributed by atoms with van der Waals surface area (Å²) in [4.78, 5) is 25.7. The minimum atomic E-state index is -0.291. The summed E-state index contributed by atoms with van der Waals surface area (Å²) in [7, 11) is 0. The van der Waals surface area contributed by atoms with E-state index in [0.717, 1.165) is 24.8 Å². The molecule has 1 atom stereocenters. The average Bonchev–Trinajstić information content (AvgIpc) is 3.48. The van der Waals surface area contributed by atoms with Gasteiger partial charge in [0.15, 0.2) is 0 Å². The molecule has 4 heterocycles. The molecular formula is C24H23N7O3. The lowest BCUT2D eigenvalue weighted by atomic mass is 9.96. The van der Waals surface area contributed by atoms with Gasteiger partial charge in [-0.3, -0.25) is 4.79 Å². The SMILES string of the molecule is Cc1ccc(-n2nccn2)c(C(=O)N2CCC2c2nc(-c3cccnc3OC3CCC3)no2)c1. The molecule has 10 nitrogen and oxygen atoms in total. The summed E-state index contributed by atoms with van der Waals surface area (Å²) in [5.41, 5.74) is 2.83. The van der Waals surface area contributed by atoms with Gasteiger partial charge in [0.1, 0.15) is 12.1 Å². The molecule has 0 radical (unpaired) electrons. The summed E-state index contributed by atoms with van der Waals surface area (Å²) >= 11 is 0. The van der Waals surface area contributed by atoms with Crippen LogP contribution in [0.4, 0.5) is 0 Å². The molecule has 0 bridgehead atoms. The Morgan fingerprint density at radius 3 is 2.71 bits per heavy atom. The molecule has 4 aromatic rings. The zero-order valence-corrected chi connectivity index (χ0v) is 18.7. The number of likely N-dealkylation sites (tertiary alicyclic amines) is 1. The molecule has 1 aromatic carbocycles. The highest BCUT2D eigenvalue weighted by molar-refractivity contribution is 5.98. The summed E-state index contributed by atoms with van der Waals surface area (Å²) in [6.07, 6.45) is 9.02. The number of hydrogen-bond donors (Lipinski definition) is 0. The number of carbonyl (C=O) groups is 1. The molecule has 0 spiro atoms. The van der Waals surface area contributed by atoms with Crippen LogP contribution in [0.3, 0.4) is 0 Å². The van der Waals surface area contributed by atoms with Gasteiger partial charge >= 0.3 is 0 Å². The van der Waals surface area contributed by atoms with Crippen LogP contribution in [-0.4, -0.2) is 53.6 Å². The lowest BCUT2D eigenvalue weighted by molar-refractivity contribution is 0.0378. The number of benzene rings is 1. The van der Waals surface area contributed by atoms with E-state index in [9.17, 15) is 4.79 Å². The molecule has 1 aliphatic heterocycles. The summed E-state index contributed by atoms with van der Waals surface area (Å²) < 4.78 is 11.6. The summed E-state index contributed by atoms with van der Waals surface area (Å²) in [5.74, 6) is 1.20. The lowest BCUT2D eigenvalue weighted by Gasteiger charge is -2.38. The van der Waals surface area contributed by atoms with Gasteiger partial charge in [-0.15, -0.1) is 0 Å². The quantitative estimate of drug-likeness (QED) is 0.432. The number of rotatable bonds is 6. The number of nitrogens with zero attached hydrogens (tertiary/aromatic N) is 7. The Hall–Kier alpha value is -4.08. The lowest BCUT2D eigenvalue weighted by Crippen LogP contribution is -2.45. The second kappa shape index (κ2) is 8.36. The minimum Gasteiger partial charge on any atom is -0.474 e. The third-order valence-corrected chi connectivity index (χ3v) is 6.37. The predicted molar refractivity (Wildman–Crippen MR) is 120 cm³/mol. The molecule has 1 amide bonds. The van der Waals surface area contributed by atoms with Gasteiger partial charge in [0.2, 0.25) is 17.6 Å². The molecule has 1 saturated carbocycles. The van der Waals surface area contributed by atoms with Gasteiger partial charge in [0.25, 0.3) is 5.91 Å². The second-order valence-electron chi connectivity index (χ2n) is 8.63. The van der Waals surface area contributed by atoms with Crippen molar-refractivity contribution in [3.8, 4) is 23.0 Å². The smallest absolute Gasteiger partial charge is 0.256 e. The number of hydrogen-bond acceptors (Lipinski definition) is 8. The number of amides is 1. The van der Waals surface area contributed by atoms with Crippen LogP contribution in [0.5, 0.6) is 5.88 Å². The van der Waals surface area contributed by atoms with Crippen LogP contribution in [0.2, 0.25) is 0 Å². The molecule has 6 rings (SSSR count). The van der Waals surface area contributed by atoms with E-state index in [4.69, 9.17) is 9.26 Å². The van der Waals surface area contributed by atoms with E-state index in [-0.39, 0.29) is 18.1 Å². The number of carbonyl (C=O) groups excluding carboxylic acids is 1. The topological polar surface area (TPSA) is 112 Å². The van der Waals surface area contributed by atoms with Gasteiger partial charge in [-0.2, -0.15) is 20.0 Å². The van der Waals surface area contributed by atoms with Crippen LogP contribution in [0.1, 0.15) is 53.5 Å². The Kier molecular flexibility index (Phi) is 5.05. The van der Waals surface area contributed by atoms with Crippen LogP contribution >= 0.6 is 0 Å². The molecular weight excluding hydrogens is 434 g/mol. The maximum atomic E-state index is 13.5. The number of ether oxygens (including phenoxy) is 1. The van der Waals surface area contributed by atoms with Gasteiger partial charge in [-0.05, 0) is 56.9 Å². The Labute approximate surface area is 195 Å². The van der Waals surface area contributed by atoms with Crippen molar-refractivity contribution in [3.05, 3.63) is 65.9 Å². The zero-order valence-electron chi connectivity index (χ0n) is 18.7. The standard InChI is InChI=1S/C24H23N7O3/c1-15-7-8-19(31-26-11-12-27-31)18(14-15)24(32)30-13-9-20(30)23-28-21(29-34-23)17-6-3-10-25-22(17)33-16-4-2-5-16/h3,6-8,10-12,14,16,20H,2,4-5,9,13H2,1H3. The molecule has 1 unspecified atom stereocenters. The Bertz CT molecular complexity index is 1330. The number of pyridine rings is 1. The van der Waals surface area contributed by atoms with Crippen LogP contribution < -0.4 is 4.74 Å². The number of aryl methyl sites for hydroxylation is 1. The van der Waals surface area contributed by atoms with Crippen molar-refractivity contribution in [3.63, 3.8) is 0 Å². The van der Waals surface area contributed by atoms with Gasteiger partial charge in [0.05, 0.1) is 29.2 Å². The van der Waals surface area contributed by atoms with Crippen LogP contribution in [0, 0.1) is 6.92 Å². The molecule has 2 fully saturated rings. The molecule has 10 heteroatoms. The summed E-state index contributed by atoms with van der Waals surface area (Å²) in [5, 5.41) is 12.6. The second-order valence-corrected chi connectivity index (χ2v) is 8.63. The van der Waals surface area contributed by atoms with Gasteiger partial charge in [0, 0.05) is 12.7 Å². The maximum Gasteiger partial charge on any atom is 0.256 e. The van der Waals surface area contributed by atoms with Crippen molar-refractivity contribution in [1.29, 1.82) is 0 Å². The zero-order chi connectivity index (χ0) is 23.1. The molecule has 0 N–H and O–H groups in total. The molecule has 3 aromatic heterocycles. The van der Waals surface area contributed by atoms with Crippen molar-refractivity contribution in [2.24, 2.45) is 0 Å². The minimum absolute atomic E-state index is 0.123. The monoisotopic (exact) mass is 457 g/mol. The van der Waals surface area contributed by atoms with Crippen LogP contribution in [0.15, 0.2) is 53.4 Å². The van der Waals surface area contributed by atoms with Crippen molar-refractivity contribution in [1.82, 2.24) is 35.0 Å². The van der Waals surface area contributed by atoms with Crippen LogP contribution in [0.25, 0.3) is 17.1 Å². The molecule has 172 valence electrons. The maximum absolute atomic E-state index is 13.5. The van der Waals surface area contributed by atoms with Crippen molar-refractivity contribution in [2.45, 2.75) is 44.8 Å². The summed E-state index contributed by atoms with van der Waals surface area (Å²) in [6, 6.07) is 9.05. The van der Waals surface area contributed by atoms with Gasteiger partial charge in [-0.1, -0.05) is 16.8 Å². The highest BCUT2D eigenvalue weighted by Gasteiger charge is 2.39. The van der Waals surface area contributed by atoms with E-state index < -0.39 is 0 Å². The van der Waals surface area contributed by atoms with E-state index in [1.165, 1.54) is 11.2 Å². The van der Waals surface area contributed by atoms with Crippen LogP contribution in [-0.2, 0) is 0 Å². The van der Waals surface area contributed by atoms with Gasteiger partial charge in [-0.25, -0.2) is 4.98 Å². The first-order valence-electron chi connectivity index (χ1n) is 11.4. The van der Waals surface area contributed by atoms with E-state index >= 15 is 0 Å². The average molecular weight is 457 g/mol. The Morgan fingerprint density at radius 2 is 1.97 bits per heavy atom. The van der Waals surface area contributed by atoms with E-state index in [1.807, 2.05) is 37.3 Å². The van der Waals surface area contributed by atoms with Crippen molar-refractivity contribution < 1.29 is 14.1 Å². The molecule has 1 saturated heterocycles. The first-order valence-corrected chi connectivity index (χ1v) is 11.4. The molecule has 2 aliphatic rings. The van der Waals surface area contributed by atoms with Crippen molar-refractivity contribution >= 4 is 5.91 Å². The Morgan fingerprint density at radius 1 is 1.12 bits per heavy atom. The highest BCUT2D eigenvalue weighted by atomic mass is 16.5. The Balaban J connectivity index is 1.26. The first-order chi connectivity index (χ1) is 16.7. The largest absolute Gasteiger partial charge is 0.474 e. The highest BCUT2D eigenvalue weighted by Crippen LogP contribution is 2.37. The number of aromatic nitrogens is 6.